The standard InChI is InChI=1S/C21H26N2O5S/c1-4-29(25,26)23-14-20(28-19-8-6-5-7-17(19)23)21(24)22-11-12-27-18-10-9-15(2)13-16(18)3/h5-10,13,20H,4,11-12,14H2,1-3H3,(H,22,24)/t20-/m0/s1. The number of amides is 1. The summed E-state index contributed by atoms with van der Waals surface area (Å²) < 4.78 is 37.7. The zero-order valence-electron chi connectivity index (χ0n) is 16.8. The number of ether oxygens (including phenoxy) is 2. The van der Waals surface area contributed by atoms with Gasteiger partial charge in [0.05, 0.1) is 24.5 Å². The second-order valence-electron chi connectivity index (χ2n) is 6.91. The molecule has 0 saturated heterocycles. The first kappa shape index (κ1) is 21.0. The van der Waals surface area contributed by atoms with Crippen molar-refractivity contribution in [3.63, 3.8) is 0 Å². The summed E-state index contributed by atoms with van der Waals surface area (Å²) in [6, 6.07) is 12.7. The third-order valence-corrected chi connectivity index (χ3v) is 6.46. The van der Waals surface area contributed by atoms with E-state index in [1.54, 1.807) is 31.2 Å². The van der Waals surface area contributed by atoms with Gasteiger partial charge in [0.25, 0.3) is 5.91 Å². The highest BCUT2D eigenvalue weighted by atomic mass is 32.2. The van der Waals surface area contributed by atoms with Crippen LogP contribution in [0, 0.1) is 13.8 Å². The molecule has 0 aromatic heterocycles. The molecule has 7 nitrogen and oxygen atoms in total. The summed E-state index contributed by atoms with van der Waals surface area (Å²) >= 11 is 0. The molecule has 8 heteroatoms. The third kappa shape index (κ3) is 4.82. The molecular formula is C21H26N2O5S. The van der Waals surface area contributed by atoms with E-state index in [1.165, 1.54) is 4.31 Å². The smallest absolute Gasteiger partial charge is 0.263 e. The Bertz CT molecular complexity index is 990. The predicted octanol–water partition coefficient (Wildman–Crippen LogP) is 2.42. The van der Waals surface area contributed by atoms with Crippen LogP contribution >= 0.6 is 0 Å². The molecule has 1 aliphatic rings. The number of anilines is 1. The highest BCUT2D eigenvalue weighted by molar-refractivity contribution is 7.92. The normalized spacial score (nSPS) is 16.0. The van der Waals surface area contributed by atoms with Gasteiger partial charge in [-0.1, -0.05) is 29.8 Å². The molecule has 1 amide bonds. The van der Waals surface area contributed by atoms with Crippen LogP contribution < -0.4 is 19.1 Å². The Morgan fingerprint density at radius 2 is 2.00 bits per heavy atom. The summed E-state index contributed by atoms with van der Waals surface area (Å²) in [7, 11) is -3.52. The van der Waals surface area contributed by atoms with Gasteiger partial charge in [0.15, 0.2) is 6.10 Å². The maximum Gasteiger partial charge on any atom is 0.263 e. The Kier molecular flexibility index (Phi) is 6.32. The van der Waals surface area contributed by atoms with Crippen LogP contribution in [-0.4, -0.2) is 45.9 Å². The van der Waals surface area contributed by atoms with Crippen molar-refractivity contribution in [2.45, 2.75) is 26.9 Å². The van der Waals surface area contributed by atoms with Crippen molar-refractivity contribution in [1.82, 2.24) is 5.32 Å². The predicted molar refractivity (Wildman–Crippen MR) is 112 cm³/mol. The highest BCUT2D eigenvalue weighted by Gasteiger charge is 2.35. The fourth-order valence-electron chi connectivity index (χ4n) is 3.17. The van der Waals surface area contributed by atoms with Crippen LogP contribution in [0.1, 0.15) is 18.1 Å². The molecule has 0 radical (unpaired) electrons. The van der Waals surface area contributed by atoms with Gasteiger partial charge in [-0.3, -0.25) is 9.10 Å². The van der Waals surface area contributed by atoms with Gasteiger partial charge in [-0.05, 0) is 44.5 Å². The Balaban J connectivity index is 1.61. The van der Waals surface area contributed by atoms with Crippen molar-refractivity contribution < 1.29 is 22.7 Å². The van der Waals surface area contributed by atoms with Crippen molar-refractivity contribution in [3.05, 3.63) is 53.6 Å². The van der Waals surface area contributed by atoms with Crippen LogP contribution in [0.3, 0.4) is 0 Å². The van der Waals surface area contributed by atoms with E-state index in [9.17, 15) is 13.2 Å². The van der Waals surface area contributed by atoms with Gasteiger partial charge in [-0.15, -0.1) is 0 Å². The minimum atomic E-state index is -3.52. The number of carbonyl (C=O) groups excluding carboxylic acids is 1. The van der Waals surface area contributed by atoms with Crippen LogP contribution in [0.2, 0.25) is 0 Å². The summed E-state index contributed by atoms with van der Waals surface area (Å²) in [4.78, 5) is 12.6. The molecule has 3 rings (SSSR count). The van der Waals surface area contributed by atoms with Crippen molar-refractivity contribution in [1.29, 1.82) is 0 Å². The highest BCUT2D eigenvalue weighted by Crippen LogP contribution is 2.35. The van der Waals surface area contributed by atoms with Crippen molar-refractivity contribution in [2.24, 2.45) is 0 Å². The summed E-state index contributed by atoms with van der Waals surface area (Å²) in [5, 5.41) is 2.76. The van der Waals surface area contributed by atoms with Gasteiger partial charge in [-0.25, -0.2) is 8.42 Å². The molecule has 1 atom stereocenters. The van der Waals surface area contributed by atoms with Gasteiger partial charge < -0.3 is 14.8 Å². The van der Waals surface area contributed by atoms with Crippen molar-refractivity contribution >= 4 is 21.6 Å². The second-order valence-corrected chi connectivity index (χ2v) is 9.10. The van der Waals surface area contributed by atoms with E-state index in [4.69, 9.17) is 9.47 Å². The lowest BCUT2D eigenvalue weighted by atomic mass is 10.1. The summed E-state index contributed by atoms with van der Waals surface area (Å²) in [5.41, 5.74) is 2.64. The zero-order chi connectivity index (χ0) is 21.0. The minimum Gasteiger partial charge on any atom is -0.491 e. The number of hydrogen-bond acceptors (Lipinski definition) is 5. The number of para-hydroxylation sites is 2. The summed E-state index contributed by atoms with van der Waals surface area (Å²) in [6.07, 6.45) is -0.924. The second kappa shape index (κ2) is 8.73. The number of rotatable bonds is 7. The minimum absolute atomic E-state index is 0.0561. The number of hydrogen-bond donors (Lipinski definition) is 1. The molecule has 0 unspecified atom stereocenters. The van der Waals surface area contributed by atoms with Crippen LogP contribution in [0.25, 0.3) is 0 Å². The lowest BCUT2D eigenvalue weighted by Gasteiger charge is -2.34. The third-order valence-electron chi connectivity index (χ3n) is 4.72. The molecule has 2 aromatic carbocycles. The number of fused-ring (bicyclic) bond motifs is 1. The van der Waals surface area contributed by atoms with E-state index in [-0.39, 0.29) is 24.7 Å². The molecular weight excluding hydrogens is 392 g/mol. The van der Waals surface area contributed by atoms with Crippen LogP contribution in [-0.2, 0) is 14.8 Å². The average molecular weight is 419 g/mol. The summed E-state index contributed by atoms with van der Waals surface area (Å²) in [6.45, 7) is 6.09. The number of sulfonamides is 1. The Hall–Kier alpha value is -2.74. The zero-order valence-corrected chi connectivity index (χ0v) is 17.7. The lowest BCUT2D eigenvalue weighted by Crippen LogP contribution is -2.51. The molecule has 0 fully saturated rings. The topological polar surface area (TPSA) is 84.9 Å². The fourth-order valence-corrected chi connectivity index (χ4v) is 4.29. The first-order valence-corrected chi connectivity index (χ1v) is 11.2. The molecule has 0 spiro atoms. The molecule has 1 aliphatic heterocycles. The van der Waals surface area contributed by atoms with Gasteiger partial charge in [-0.2, -0.15) is 0 Å². The van der Waals surface area contributed by atoms with Crippen LogP contribution in [0.15, 0.2) is 42.5 Å². The Morgan fingerprint density at radius 3 is 2.72 bits per heavy atom. The number of carbonyl (C=O) groups is 1. The largest absolute Gasteiger partial charge is 0.491 e. The monoisotopic (exact) mass is 418 g/mol. The molecule has 2 aromatic rings. The quantitative estimate of drug-likeness (QED) is 0.698. The van der Waals surface area contributed by atoms with E-state index in [0.29, 0.717) is 18.0 Å². The Labute approximate surface area is 171 Å². The molecule has 1 heterocycles. The van der Waals surface area contributed by atoms with E-state index in [1.807, 2.05) is 32.0 Å². The fraction of sp³-hybridized carbons (Fsp3) is 0.381. The van der Waals surface area contributed by atoms with Gasteiger partial charge in [0, 0.05) is 0 Å². The molecule has 156 valence electrons. The number of aryl methyl sites for hydroxylation is 2. The molecule has 0 aliphatic carbocycles. The van der Waals surface area contributed by atoms with E-state index >= 15 is 0 Å². The SMILES string of the molecule is CCS(=O)(=O)N1C[C@@H](C(=O)NCCOc2ccc(C)cc2C)Oc2ccccc21. The van der Waals surface area contributed by atoms with Crippen molar-refractivity contribution in [2.75, 3.05) is 29.8 Å². The van der Waals surface area contributed by atoms with Gasteiger partial charge in [0.2, 0.25) is 10.0 Å². The molecule has 29 heavy (non-hydrogen) atoms. The lowest BCUT2D eigenvalue weighted by molar-refractivity contribution is -0.127. The number of benzene rings is 2. The van der Waals surface area contributed by atoms with E-state index in [2.05, 4.69) is 5.32 Å². The summed E-state index contributed by atoms with van der Waals surface area (Å²) in [5.74, 6) is 0.717. The first-order valence-electron chi connectivity index (χ1n) is 9.55. The van der Waals surface area contributed by atoms with E-state index < -0.39 is 16.1 Å². The maximum absolute atomic E-state index is 12.6. The van der Waals surface area contributed by atoms with E-state index in [0.717, 1.165) is 16.9 Å². The van der Waals surface area contributed by atoms with Crippen LogP contribution in [0.5, 0.6) is 11.5 Å². The van der Waals surface area contributed by atoms with Gasteiger partial charge in [0.1, 0.15) is 18.1 Å². The molecule has 0 bridgehead atoms. The number of nitrogens with one attached hydrogen (secondary N) is 1. The van der Waals surface area contributed by atoms with Crippen LogP contribution in [0.4, 0.5) is 5.69 Å². The molecule has 1 N–H and O–H groups in total. The average Bonchev–Trinajstić information content (AvgIpc) is 2.71. The number of nitrogens with zero attached hydrogens (tertiary/aromatic N) is 1. The van der Waals surface area contributed by atoms with Gasteiger partial charge >= 0.3 is 0 Å². The van der Waals surface area contributed by atoms with Crippen molar-refractivity contribution in [3.8, 4) is 11.5 Å². The Morgan fingerprint density at radius 1 is 1.24 bits per heavy atom. The first-order chi connectivity index (χ1) is 13.8. The molecule has 0 saturated carbocycles. The maximum atomic E-state index is 12.6.